The molecule has 1 unspecified atom stereocenters. The quantitative estimate of drug-likeness (QED) is 0.927. The van der Waals surface area contributed by atoms with Gasteiger partial charge >= 0.3 is 0 Å². The van der Waals surface area contributed by atoms with Gasteiger partial charge in [0.15, 0.2) is 0 Å². The molecule has 0 radical (unpaired) electrons. The number of nitrogens with zero attached hydrogens (tertiary/aromatic N) is 2. The second kappa shape index (κ2) is 9.16. The van der Waals surface area contributed by atoms with Crippen LogP contribution in [0.15, 0.2) is 18.5 Å². The van der Waals surface area contributed by atoms with Crippen LogP contribution in [-0.2, 0) is 0 Å². The van der Waals surface area contributed by atoms with Crippen LogP contribution in [0.4, 0.5) is 0 Å². The fourth-order valence-electron chi connectivity index (χ4n) is 2.43. The van der Waals surface area contributed by atoms with Crippen molar-refractivity contribution in [3.8, 4) is 0 Å². The van der Waals surface area contributed by atoms with Crippen molar-refractivity contribution in [1.29, 1.82) is 0 Å². The third kappa shape index (κ3) is 4.62. The van der Waals surface area contributed by atoms with Gasteiger partial charge < -0.3 is 10.2 Å². The Balaban J connectivity index is 0.00000180. The molecule has 114 valence electrons. The molecule has 1 aliphatic heterocycles. The maximum absolute atomic E-state index is 12.5. The minimum absolute atomic E-state index is 0. The van der Waals surface area contributed by atoms with Gasteiger partial charge in [-0.2, -0.15) is 0 Å². The van der Waals surface area contributed by atoms with E-state index in [2.05, 4.69) is 17.2 Å². The average molecular weight is 320 g/mol. The molecule has 4 nitrogen and oxygen atoms in total. The van der Waals surface area contributed by atoms with Gasteiger partial charge in [0.1, 0.15) is 0 Å². The molecular weight excluding hydrogens is 297 g/mol. The topological polar surface area (TPSA) is 45.2 Å². The van der Waals surface area contributed by atoms with Crippen LogP contribution in [0.25, 0.3) is 0 Å². The summed E-state index contributed by atoms with van der Waals surface area (Å²) in [4.78, 5) is 18.6. The molecule has 1 aromatic heterocycles. The zero-order valence-corrected chi connectivity index (χ0v) is 13.6. The van der Waals surface area contributed by atoms with Crippen LogP contribution in [0.2, 0.25) is 0 Å². The molecule has 0 aliphatic carbocycles. The number of nitrogens with one attached hydrogen (secondary N) is 1. The van der Waals surface area contributed by atoms with Crippen LogP contribution < -0.4 is 5.32 Å². The predicted octanol–water partition coefficient (Wildman–Crippen LogP) is 2.45. The standard InChI is InChI=1S/C14H21N3O.2ClH/c1-3-6-17(13-4-5-15-10-13)14(18)12-7-11(2)8-16-9-12;;/h7-9,13,15H,3-6,10H2,1-2H3;2*1H. The third-order valence-corrected chi connectivity index (χ3v) is 3.32. The first-order valence-electron chi connectivity index (χ1n) is 6.65. The molecule has 1 amide bonds. The van der Waals surface area contributed by atoms with Gasteiger partial charge in [-0.1, -0.05) is 6.92 Å². The number of hydrogen-bond donors (Lipinski definition) is 1. The van der Waals surface area contributed by atoms with E-state index in [1.165, 1.54) is 0 Å². The maximum Gasteiger partial charge on any atom is 0.255 e. The van der Waals surface area contributed by atoms with Gasteiger partial charge in [0.05, 0.1) is 5.56 Å². The molecule has 1 saturated heterocycles. The Kier molecular flexibility index (Phi) is 8.78. The second-order valence-corrected chi connectivity index (χ2v) is 4.90. The molecule has 2 heterocycles. The van der Waals surface area contributed by atoms with E-state index in [-0.39, 0.29) is 30.7 Å². The smallest absolute Gasteiger partial charge is 0.255 e. The van der Waals surface area contributed by atoms with Crippen molar-refractivity contribution in [3.63, 3.8) is 0 Å². The molecular formula is C14H23Cl2N3O. The van der Waals surface area contributed by atoms with Gasteiger partial charge in [0.2, 0.25) is 0 Å². The Morgan fingerprint density at radius 1 is 1.45 bits per heavy atom. The van der Waals surface area contributed by atoms with Crippen LogP contribution >= 0.6 is 24.8 Å². The number of carbonyl (C=O) groups is 1. The second-order valence-electron chi connectivity index (χ2n) is 4.90. The van der Waals surface area contributed by atoms with Gasteiger partial charge in [0, 0.05) is 31.5 Å². The molecule has 1 N–H and O–H groups in total. The molecule has 1 aromatic rings. The first kappa shape index (κ1) is 19.2. The van der Waals surface area contributed by atoms with Gasteiger partial charge in [-0.3, -0.25) is 9.78 Å². The number of pyridine rings is 1. The minimum Gasteiger partial charge on any atom is -0.334 e. The summed E-state index contributed by atoms with van der Waals surface area (Å²) < 4.78 is 0. The average Bonchev–Trinajstić information content (AvgIpc) is 2.89. The summed E-state index contributed by atoms with van der Waals surface area (Å²) in [5, 5.41) is 3.32. The number of halogens is 2. The fraction of sp³-hybridized carbons (Fsp3) is 0.571. The number of carbonyl (C=O) groups excluding carboxylic acids is 1. The van der Waals surface area contributed by atoms with E-state index in [1.807, 2.05) is 17.9 Å². The van der Waals surface area contributed by atoms with Gasteiger partial charge in [0.25, 0.3) is 5.91 Å². The van der Waals surface area contributed by atoms with Crippen molar-refractivity contribution in [2.45, 2.75) is 32.7 Å². The summed E-state index contributed by atoms with van der Waals surface area (Å²) in [7, 11) is 0. The normalized spacial score (nSPS) is 17.0. The number of hydrogen-bond acceptors (Lipinski definition) is 3. The lowest BCUT2D eigenvalue weighted by atomic mass is 10.1. The largest absolute Gasteiger partial charge is 0.334 e. The van der Waals surface area contributed by atoms with E-state index in [9.17, 15) is 4.79 Å². The lowest BCUT2D eigenvalue weighted by Gasteiger charge is -2.28. The van der Waals surface area contributed by atoms with Gasteiger partial charge in [-0.05, 0) is 37.9 Å². The molecule has 0 aromatic carbocycles. The number of rotatable bonds is 4. The fourth-order valence-corrected chi connectivity index (χ4v) is 2.43. The lowest BCUT2D eigenvalue weighted by Crippen LogP contribution is -2.42. The highest BCUT2D eigenvalue weighted by atomic mass is 35.5. The SMILES string of the molecule is CCCN(C(=O)c1cncc(C)c1)C1CCNC1.Cl.Cl. The van der Waals surface area contributed by atoms with Crippen LogP contribution in [0.3, 0.4) is 0 Å². The van der Waals surface area contributed by atoms with E-state index in [0.29, 0.717) is 11.6 Å². The molecule has 2 rings (SSSR count). The van der Waals surface area contributed by atoms with Crippen LogP contribution in [0, 0.1) is 6.92 Å². The summed E-state index contributed by atoms with van der Waals surface area (Å²) in [5.41, 5.74) is 1.73. The van der Waals surface area contributed by atoms with Crippen LogP contribution in [0.5, 0.6) is 0 Å². The summed E-state index contributed by atoms with van der Waals surface area (Å²) in [6.07, 6.45) is 5.48. The highest BCUT2D eigenvalue weighted by Crippen LogP contribution is 2.14. The number of amides is 1. The van der Waals surface area contributed by atoms with E-state index in [1.54, 1.807) is 12.4 Å². The van der Waals surface area contributed by atoms with Crippen LogP contribution in [-0.4, -0.2) is 41.5 Å². The van der Waals surface area contributed by atoms with Crippen molar-refractivity contribution >= 4 is 30.7 Å². The molecule has 0 bridgehead atoms. The van der Waals surface area contributed by atoms with Crippen molar-refractivity contribution in [3.05, 3.63) is 29.6 Å². The molecule has 1 fully saturated rings. The Labute approximate surface area is 133 Å². The molecule has 6 heteroatoms. The minimum atomic E-state index is 0. The zero-order valence-electron chi connectivity index (χ0n) is 12.0. The summed E-state index contributed by atoms with van der Waals surface area (Å²) in [6.45, 7) is 6.80. The zero-order chi connectivity index (χ0) is 13.0. The van der Waals surface area contributed by atoms with E-state index < -0.39 is 0 Å². The predicted molar refractivity (Wildman–Crippen MR) is 86.1 cm³/mol. The number of aromatic nitrogens is 1. The summed E-state index contributed by atoms with van der Waals surface area (Å²) >= 11 is 0. The molecule has 1 atom stereocenters. The van der Waals surface area contributed by atoms with Crippen LogP contribution in [0.1, 0.15) is 35.7 Å². The highest BCUT2D eigenvalue weighted by Gasteiger charge is 2.26. The molecule has 0 spiro atoms. The van der Waals surface area contributed by atoms with E-state index >= 15 is 0 Å². The first-order valence-corrected chi connectivity index (χ1v) is 6.65. The summed E-state index contributed by atoms with van der Waals surface area (Å²) in [5.74, 6) is 0.113. The van der Waals surface area contributed by atoms with Crippen molar-refractivity contribution in [2.24, 2.45) is 0 Å². The molecule has 0 saturated carbocycles. The monoisotopic (exact) mass is 319 g/mol. The lowest BCUT2D eigenvalue weighted by molar-refractivity contribution is 0.0691. The maximum atomic E-state index is 12.5. The third-order valence-electron chi connectivity index (χ3n) is 3.32. The Bertz CT molecular complexity index is 423. The van der Waals surface area contributed by atoms with Crippen molar-refractivity contribution < 1.29 is 4.79 Å². The highest BCUT2D eigenvalue weighted by molar-refractivity contribution is 5.94. The van der Waals surface area contributed by atoms with E-state index in [4.69, 9.17) is 0 Å². The summed E-state index contributed by atoms with van der Waals surface area (Å²) in [6, 6.07) is 2.25. The Morgan fingerprint density at radius 2 is 2.20 bits per heavy atom. The van der Waals surface area contributed by atoms with E-state index in [0.717, 1.165) is 38.0 Å². The van der Waals surface area contributed by atoms with Crippen molar-refractivity contribution in [1.82, 2.24) is 15.2 Å². The van der Waals surface area contributed by atoms with Crippen molar-refractivity contribution in [2.75, 3.05) is 19.6 Å². The van der Waals surface area contributed by atoms with Gasteiger partial charge in [-0.25, -0.2) is 0 Å². The first-order chi connectivity index (χ1) is 8.72. The molecule has 1 aliphatic rings. The Hall–Kier alpha value is -0.840. The Morgan fingerprint density at radius 3 is 2.75 bits per heavy atom. The number of aryl methyl sites for hydroxylation is 1. The molecule has 20 heavy (non-hydrogen) atoms. The van der Waals surface area contributed by atoms with Gasteiger partial charge in [-0.15, -0.1) is 24.8 Å².